The van der Waals surface area contributed by atoms with Crippen LogP contribution in [0.5, 0.6) is 5.75 Å². The molecule has 2 rings (SSSR count). The summed E-state index contributed by atoms with van der Waals surface area (Å²) in [6.07, 6.45) is 0. The molecule has 1 aliphatic rings. The standard InChI is InChI=1S/C13H15NO4/c1-13(2,12(16)17)14-11(15)9-7-18-10-6-4-3-5-8(9)10/h3-6,9H,7H2,1-2H3,(H,14,15)(H,16,17). The first-order chi connectivity index (χ1) is 8.42. The molecule has 0 aromatic heterocycles. The number of carbonyl (C=O) groups excluding carboxylic acids is 1. The van der Waals surface area contributed by atoms with Crippen molar-refractivity contribution in [3.05, 3.63) is 29.8 Å². The van der Waals surface area contributed by atoms with Gasteiger partial charge >= 0.3 is 5.97 Å². The van der Waals surface area contributed by atoms with Gasteiger partial charge in [-0.3, -0.25) is 4.79 Å². The summed E-state index contributed by atoms with van der Waals surface area (Å²) in [6.45, 7) is 3.16. The Kier molecular flexibility index (Phi) is 2.98. The Morgan fingerprint density at radius 3 is 2.72 bits per heavy atom. The van der Waals surface area contributed by atoms with Gasteiger partial charge in [-0.15, -0.1) is 0 Å². The molecule has 1 heterocycles. The molecule has 5 heteroatoms. The number of carboxylic acids is 1. The van der Waals surface area contributed by atoms with E-state index in [1.54, 1.807) is 6.07 Å². The van der Waals surface area contributed by atoms with E-state index < -0.39 is 17.4 Å². The maximum Gasteiger partial charge on any atom is 0.328 e. The summed E-state index contributed by atoms with van der Waals surface area (Å²) in [5.74, 6) is -1.15. The average molecular weight is 249 g/mol. The number of ether oxygens (including phenoxy) is 1. The zero-order valence-electron chi connectivity index (χ0n) is 10.3. The Hall–Kier alpha value is -2.04. The first kappa shape index (κ1) is 12.4. The van der Waals surface area contributed by atoms with Crippen molar-refractivity contribution in [3.63, 3.8) is 0 Å². The number of aliphatic carboxylic acids is 1. The molecule has 0 bridgehead atoms. The number of nitrogens with one attached hydrogen (secondary N) is 1. The molecule has 2 N–H and O–H groups in total. The van der Waals surface area contributed by atoms with Gasteiger partial charge in [-0.2, -0.15) is 0 Å². The predicted octanol–water partition coefficient (Wildman–Crippen LogP) is 1.14. The highest BCUT2D eigenvalue weighted by molar-refractivity contribution is 5.91. The zero-order chi connectivity index (χ0) is 13.3. The Balaban J connectivity index is 2.15. The maximum atomic E-state index is 12.1. The van der Waals surface area contributed by atoms with Crippen LogP contribution >= 0.6 is 0 Å². The zero-order valence-corrected chi connectivity index (χ0v) is 10.3. The van der Waals surface area contributed by atoms with Crippen molar-refractivity contribution >= 4 is 11.9 Å². The van der Waals surface area contributed by atoms with Crippen molar-refractivity contribution in [2.24, 2.45) is 0 Å². The van der Waals surface area contributed by atoms with Gasteiger partial charge in [0.25, 0.3) is 0 Å². The van der Waals surface area contributed by atoms with Crippen LogP contribution in [0.3, 0.4) is 0 Å². The molecule has 1 unspecified atom stereocenters. The van der Waals surface area contributed by atoms with E-state index in [4.69, 9.17) is 9.84 Å². The quantitative estimate of drug-likeness (QED) is 0.842. The van der Waals surface area contributed by atoms with Gasteiger partial charge < -0.3 is 15.2 Å². The molecular weight excluding hydrogens is 234 g/mol. The van der Waals surface area contributed by atoms with Crippen molar-refractivity contribution in [1.29, 1.82) is 0 Å². The molecule has 0 saturated carbocycles. The van der Waals surface area contributed by atoms with E-state index in [1.165, 1.54) is 13.8 Å². The lowest BCUT2D eigenvalue weighted by Gasteiger charge is -2.22. The van der Waals surface area contributed by atoms with E-state index in [0.717, 1.165) is 5.56 Å². The van der Waals surface area contributed by atoms with Crippen LogP contribution in [-0.2, 0) is 9.59 Å². The van der Waals surface area contributed by atoms with Crippen LogP contribution in [-0.4, -0.2) is 29.1 Å². The molecule has 0 fully saturated rings. The Labute approximate surface area is 105 Å². The van der Waals surface area contributed by atoms with Gasteiger partial charge in [0.2, 0.25) is 5.91 Å². The van der Waals surface area contributed by atoms with Crippen molar-refractivity contribution in [1.82, 2.24) is 5.32 Å². The van der Waals surface area contributed by atoms with Crippen molar-refractivity contribution in [2.45, 2.75) is 25.3 Å². The van der Waals surface area contributed by atoms with Gasteiger partial charge in [-0.1, -0.05) is 18.2 Å². The molecule has 0 saturated heterocycles. The number of rotatable bonds is 3. The van der Waals surface area contributed by atoms with Gasteiger partial charge in [0, 0.05) is 5.56 Å². The molecule has 0 spiro atoms. The third-order valence-electron chi connectivity index (χ3n) is 2.99. The predicted molar refractivity (Wildman–Crippen MR) is 64.5 cm³/mol. The molecule has 0 aliphatic carbocycles. The molecule has 1 aromatic rings. The molecule has 1 amide bonds. The number of hydrogen-bond donors (Lipinski definition) is 2. The Morgan fingerprint density at radius 1 is 1.39 bits per heavy atom. The van der Waals surface area contributed by atoms with E-state index in [2.05, 4.69) is 5.32 Å². The van der Waals surface area contributed by atoms with Crippen LogP contribution in [0.4, 0.5) is 0 Å². The normalized spacial score (nSPS) is 17.8. The lowest BCUT2D eigenvalue weighted by molar-refractivity contribution is -0.146. The molecule has 0 radical (unpaired) electrons. The summed E-state index contributed by atoms with van der Waals surface area (Å²) in [6, 6.07) is 7.28. The van der Waals surface area contributed by atoms with Gasteiger partial charge in [0.1, 0.15) is 23.8 Å². The Bertz CT molecular complexity index is 496. The molecule has 1 aliphatic heterocycles. The highest BCUT2D eigenvalue weighted by Gasteiger charge is 2.35. The van der Waals surface area contributed by atoms with Crippen molar-refractivity contribution < 1.29 is 19.4 Å². The van der Waals surface area contributed by atoms with Crippen LogP contribution in [0.1, 0.15) is 25.3 Å². The second-order valence-corrected chi connectivity index (χ2v) is 4.82. The van der Waals surface area contributed by atoms with E-state index in [-0.39, 0.29) is 12.5 Å². The fraction of sp³-hybridized carbons (Fsp3) is 0.385. The van der Waals surface area contributed by atoms with E-state index in [9.17, 15) is 9.59 Å². The van der Waals surface area contributed by atoms with Crippen LogP contribution in [0.2, 0.25) is 0 Å². The minimum atomic E-state index is -1.28. The monoisotopic (exact) mass is 249 g/mol. The SMILES string of the molecule is CC(C)(NC(=O)C1COc2ccccc21)C(=O)O. The smallest absolute Gasteiger partial charge is 0.328 e. The average Bonchev–Trinajstić information content (AvgIpc) is 2.71. The second-order valence-electron chi connectivity index (χ2n) is 4.82. The van der Waals surface area contributed by atoms with Gasteiger partial charge in [-0.25, -0.2) is 4.79 Å². The number of para-hydroxylation sites is 1. The lowest BCUT2D eigenvalue weighted by Crippen LogP contribution is -2.51. The number of carbonyl (C=O) groups is 2. The number of fused-ring (bicyclic) bond motifs is 1. The second kappa shape index (κ2) is 4.33. The first-order valence-electron chi connectivity index (χ1n) is 5.69. The minimum absolute atomic E-state index is 0.251. The maximum absolute atomic E-state index is 12.1. The van der Waals surface area contributed by atoms with E-state index in [0.29, 0.717) is 5.75 Å². The van der Waals surface area contributed by atoms with Crippen LogP contribution < -0.4 is 10.1 Å². The molecule has 18 heavy (non-hydrogen) atoms. The molecule has 1 atom stereocenters. The van der Waals surface area contributed by atoms with Crippen LogP contribution in [0, 0.1) is 0 Å². The third kappa shape index (κ3) is 2.16. The number of amides is 1. The van der Waals surface area contributed by atoms with Crippen molar-refractivity contribution in [3.8, 4) is 5.75 Å². The van der Waals surface area contributed by atoms with Crippen LogP contribution in [0.25, 0.3) is 0 Å². The van der Waals surface area contributed by atoms with Gasteiger partial charge in [-0.05, 0) is 19.9 Å². The number of carboxylic acid groups (broad SMARTS) is 1. The highest BCUT2D eigenvalue weighted by atomic mass is 16.5. The topological polar surface area (TPSA) is 75.6 Å². The molecule has 1 aromatic carbocycles. The van der Waals surface area contributed by atoms with E-state index >= 15 is 0 Å². The van der Waals surface area contributed by atoms with Crippen LogP contribution in [0.15, 0.2) is 24.3 Å². The lowest BCUT2D eigenvalue weighted by atomic mass is 9.98. The highest BCUT2D eigenvalue weighted by Crippen LogP contribution is 2.33. The molecule has 96 valence electrons. The minimum Gasteiger partial charge on any atom is -0.492 e. The summed E-state index contributed by atoms with van der Waals surface area (Å²) in [7, 11) is 0. The number of benzene rings is 1. The number of hydrogen-bond acceptors (Lipinski definition) is 3. The summed E-state index contributed by atoms with van der Waals surface area (Å²) < 4.78 is 5.40. The summed E-state index contributed by atoms with van der Waals surface area (Å²) >= 11 is 0. The Morgan fingerprint density at radius 2 is 2.06 bits per heavy atom. The molecule has 5 nitrogen and oxygen atoms in total. The summed E-state index contributed by atoms with van der Waals surface area (Å²) in [4.78, 5) is 23.0. The largest absolute Gasteiger partial charge is 0.492 e. The fourth-order valence-corrected chi connectivity index (χ4v) is 1.83. The van der Waals surface area contributed by atoms with Crippen molar-refractivity contribution in [2.75, 3.05) is 6.61 Å². The molecular formula is C13H15NO4. The first-order valence-corrected chi connectivity index (χ1v) is 5.69. The van der Waals surface area contributed by atoms with Gasteiger partial charge in [0.05, 0.1) is 0 Å². The van der Waals surface area contributed by atoms with Gasteiger partial charge in [0.15, 0.2) is 0 Å². The third-order valence-corrected chi connectivity index (χ3v) is 2.99. The summed E-state index contributed by atoms with van der Waals surface area (Å²) in [5, 5.41) is 11.5. The summed E-state index contributed by atoms with van der Waals surface area (Å²) in [5.41, 5.74) is -0.481. The fourth-order valence-electron chi connectivity index (χ4n) is 1.83. The van der Waals surface area contributed by atoms with E-state index in [1.807, 2.05) is 18.2 Å².